The molecule has 1 aromatic rings. The van der Waals surface area contributed by atoms with Gasteiger partial charge in [0.1, 0.15) is 6.04 Å². The molecule has 1 aliphatic carbocycles. The van der Waals surface area contributed by atoms with E-state index in [-0.39, 0.29) is 11.9 Å². The third-order valence-corrected chi connectivity index (χ3v) is 5.34. The van der Waals surface area contributed by atoms with Gasteiger partial charge in [-0.1, -0.05) is 24.6 Å². The molecule has 4 heteroatoms. The van der Waals surface area contributed by atoms with E-state index >= 15 is 0 Å². The molecule has 0 bridgehead atoms. The van der Waals surface area contributed by atoms with Gasteiger partial charge in [-0.15, -0.1) is 0 Å². The Balaban J connectivity index is 1.61. The number of amides is 1. The Bertz CT molecular complexity index is 452. The van der Waals surface area contributed by atoms with Crippen LogP contribution in [0.4, 0.5) is 5.69 Å². The highest BCUT2D eigenvalue weighted by molar-refractivity contribution is 7.99. The topological polar surface area (TPSA) is 41.1 Å². The summed E-state index contributed by atoms with van der Waals surface area (Å²) in [5.41, 5.74) is 2.35. The van der Waals surface area contributed by atoms with Gasteiger partial charge in [0.25, 0.3) is 0 Å². The summed E-state index contributed by atoms with van der Waals surface area (Å²) in [6, 6.07) is 8.43. The molecule has 3 rings (SSSR count). The van der Waals surface area contributed by atoms with E-state index in [1.807, 2.05) is 30.0 Å². The molecule has 1 fully saturated rings. The summed E-state index contributed by atoms with van der Waals surface area (Å²) < 4.78 is 0. The highest BCUT2D eigenvalue weighted by Crippen LogP contribution is 2.29. The lowest BCUT2D eigenvalue weighted by Crippen LogP contribution is -2.46. The van der Waals surface area contributed by atoms with E-state index in [0.29, 0.717) is 11.3 Å². The van der Waals surface area contributed by atoms with Crippen molar-refractivity contribution in [3.05, 3.63) is 29.8 Å². The van der Waals surface area contributed by atoms with Crippen LogP contribution < -0.4 is 10.6 Å². The largest absolute Gasteiger partial charge is 0.373 e. The standard InChI is InChI=1S/C15H20N2OS/c1-19-14-8-4-7-12(14)17-15(18)13-9-10-5-2-3-6-11(10)16-13/h2-3,5-6,12-14,16H,4,7-9H2,1H3,(H,17,18). The van der Waals surface area contributed by atoms with Crippen molar-refractivity contribution in [3.63, 3.8) is 0 Å². The molecular weight excluding hydrogens is 256 g/mol. The fourth-order valence-corrected chi connectivity index (χ4v) is 4.05. The number of rotatable bonds is 3. The number of para-hydroxylation sites is 1. The molecule has 3 unspecified atom stereocenters. The molecule has 0 spiro atoms. The Morgan fingerprint density at radius 1 is 1.37 bits per heavy atom. The van der Waals surface area contributed by atoms with E-state index in [4.69, 9.17) is 0 Å². The van der Waals surface area contributed by atoms with Crippen LogP contribution >= 0.6 is 11.8 Å². The Kier molecular flexibility index (Phi) is 3.69. The first-order valence-corrected chi connectivity index (χ1v) is 8.24. The summed E-state index contributed by atoms with van der Waals surface area (Å²) in [5.74, 6) is 0.155. The number of anilines is 1. The quantitative estimate of drug-likeness (QED) is 0.891. The normalized spacial score (nSPS) is 28.8. The maximum absolute atomic E-state index is 12.3. The van der Waals surface area contributed by atoms with E-state index in [0.717, 1.165) is 18.5 Å². The molecule has 0 radical (unpaired) electrons. The summed E-state index contributed by atoms with van der Waals surface area (Å²) in [4.78, 5) is 12.3. The maximum atomic E-state index is 12.3. The van der Waals surface area contributed by atoms with Crippen LogP contribution in [0.25, 0.3) is 0 Å². The van der Waals surface area contributed by atoms with Gasteiger partial charge >= 0.3 is 0 Å². The third kappa shape index (κ3) is 2.59. The number of thioether (sulfide) groups is 1. The van der Waals surface area contributed by atoms with Crippen molar-refractivity contribution in [2.24, 2.45) is 0 Å². The number of hydrogen-bond donors (Lipinski definition) is 2. The van der Waals surface area contributed by atoms with Crippen molar-refractivity contribution >= 4 is 23.4 Å². The van der Waals surface area contributed by atoms with Crippen molar-refractivity contribution in [1.82, 2.24) is 5.32 Å². The van der Waals surface area contributed by atoms with Gasteiger partial charge in [0.2, 0.25) is 5.91 Å². The van der Waals surface area contributed by atoms with Gasteiger partial charge in [-0.05, 0) is 30.7 Å². The lowest BCUT2D eigenvalue weighted by Gasteiger charge is -2.21. The lowest BCUT2D eigenvalue weighted by atomic mass is 10.1. The van der Waals surface area contributed by atoms with Crippen LogP contribution in [-0.2, 0) is 11.2 Å². The minimum absolute atomic E-state index is 0.0968. The Morgan fingerprint density at radius 2 is 2.21 bits per heavy atom. The van der Waals surface area contributed by atoms with E-state index < -0.39 is 0 Å². The average Bonchev–Trinajstić information content (AvgIpc) is 3.03. The fraction of sp³-hybridized carbons (Fsp3) is 0.533. The summed E-state index contributed by atoms with van der Waals surface area (Å²) in [5, 5.41) is 7.15. The minimum Gasteiger partial charge on any atom is -0.373 e. The second-order valence-corrected chi connectivity index (χ2v) is 6.46. The molecule has 3 atom stereocenters. The van der Waals surface area contributed by atoms with E-state index in [9.17, 15) is 4.79 Å². The van der Waals surface area contributed by atoms with Crippen LogP contribution in [0.3, 0.4) is 0 Å². The monoisotopic (exact) mass is 276 g/mol. The van der Waals surface area contributed by atoms with Gasteiger partial charge in [0.05, 0.1) is 0 Å². The molecule has 2 N–H and O–H groups in total. The van der Waals surface area contributed by atoms with Crippen molar-refractivity contribution in [1.29, 1.82) is 0 Å². The number of fused-ring (bicyclic) bond motifs is 1. The van der Waals surface area contributed by atoms with Gasteiger partial charge in [0.15, 0.2) is 0 Å². The fourth-order valence-electron chi connectivity index (χ4n) is 3.11. The summed E-state index contributed by atoms with van der Waals surface area (Å²) in [6.07, 6.45) is 6.52. The van der Waals surface area contributed by atoms with Gasteiger partial charge in [-0.2, -0.15) is 11.8 Å². The van der Waals surface area contributed by atoms with Crippen LogP contribution in [0.1, 0.15) is 24.8 Å². The molecule has 102 valence electrons. The molecule has 1 saturated carbocycles. The van der Waals surface area contributed by atoms with Gasteiger partial charge in [-0.25, -0.2) is 0 Å². The van der Waals surface area contributed by atoms with Crippen LogP contribution in [0, 0.1) is 0 Å². The highest BCUT2D eigenvalue weighted by atomic mass is 32.2. The molecule has 2 aliphatic rings. The number of carbonyl (C=O) groups excluding carboxylic acids is 1. The zero-order valence-electron chi connectivity index (χ0n) is 11.2. The first-order chi connectivity index (χ1) is 9.28. The number of carbonyl (C=O) groups is 1. The van der Waals surface area contributed by atoms with Crippen molar-refractivity contribution in [3.8, 4) is 0 Å². The van der Waals surface area contributed by atoms with Crippen LogP contribution in [0.15, 0.2) is 24.3 Å². The molecule has 1 amide bonds. The maximum Gasteiger partial charge on any atom is 0.243 e. The second-order valence-electron chi connectivity index (χ2n) is 5.38. The molecule has 3 nitrogen and oxygen atoms in total. The molecule has 0 saturated heterocycles. The van der Waals surface area contributed by atoms with Crippen molar-refractivity contribution in [2.45, 2.75) is 43.0 Å². The van der Waals surface area contributed by atoms with Gasteiger partial charge in [0, 0.05) is 23.4 Å². The van der Waals surface area contributed by atoms with Crippen LogP contribution in [0.5, 0.6) is 0 Å². The Hall–Kier alpha value is -1.16. The van der Waals surface area contributed by atoms with E-state index in [1.54, 1.807) is 0 Å². The zero-order valence-corrected chi connectivity index (χ0v) is 12.0. The summed E-state index contributed by atoms with van der Waals surface area (Å²) in [7, 11) is 0. The van der Waals surface area contributed by atoms with E-state index in [2.05, 4.69) is 23.0 Å². The molecule has 0 aromatic heterocycles. The second kappa shape index (κ2) is 5.45. The Morgan fingerprint density at radius 3 is 3.00 bits per heavy atom. The van der Waals surface area contributed by atoms with Gasteiger partial charge in [-0.3, -0.25) is 4.79 Å². The molecule has 1 aliphatic heterocycles. The van der Waals surface area contributed by atoms with Crippen LogP contribution in [-0.4, -0.2) is 29.5 Å². The lowest BCUT2D eigenvalue weighted by molar-refractivity contribution is -0.122. The zero-order chi connectivity index (χ0) is 13.2. The first-order valence-electron chi connectivity index (χ1n) is 6.95. The molecule has 1 heterocycles. The smallest absolute Gasteiger partial charge is 0.243 e. The van der Waals surface area contributed by atoms with Crippen molar-refractivity contribution in [2.75, 3.05) is 11.6 Å². The average molecular weight is 276 g/mol. The highest BCUT2D eigenvalue weighted by Gasteiger charge is 2.32. The summed E-state index contributed by atoms with van der Waals surface area (Å²) >= 11 is 1.88. The van der Waals surface area contributed by atoms with Gasteiger partial charge < -0.3 is 10.6 Å². The predicted octanol–water partition coefficient (Wildman–Crippen LogP) is 2.42. The first kappa shape index (κ1) is 12.9. The summed E-state index contributed by atoms with van der Waals surface area (Å²) in [6.45, 7) is 0. The SMILES string of the molecule is CSC1CCCC1NC(=O)C1Cc2ccccc2N1. The Labute approximate surface area is 118 Å². The minimum atomic E-state index is -0.0968. The molecular formula is C15H20N2OS. The number of hydrogen-bond acceptors (Lipinski definition) is 3. The predicted molar refractivity (Wildman–Crippen MR) is 80.6 cm³/mol. The third-order valence-electron chi connectivity index (χ3n) is 4.17. The van der Waals surface area contributed by atoms with Crippen LogP contribution in [0.2, 0.25) is 0 Å². The molecule has 19 heavy (non-hydrogen) atoms. The van der Waals surface area contributed by atoms with Crippen molar-refractivity contribution < 1.29 is 4.79 Å². The molecule has 1 aromatic carbocycles. The number of nitrogens with one attached hydrogen (secondary N) is 2. The van der Waals surface area contributed by atoms with E-state index in [1.165, 1.54) is 18.4 Å². The number of benzene rings is 1.